The third-order valence-electron chi connectivity index (χ3n) is 4.27. The number of aromatic nitrogens is 4. The minimum atomic E-state index is -0.385. The number of hydrogen-bond acceptors (Lipinski definition) is 4. The summed E-state index contributed by atoms with van der Waals surface area (Å²) in [6.07, 6.45) is 4.84. The van der Waals surface area contributed by atoms with Crippen LogP contribution < -0.4 is 10.1 Å². The molecule has 0 aliphatic rings. The molecule has 0 fully saturated rings. The molecule has 2 aromatic carbocycles. The molecule has 31 heavy (non-hydrogen) atoms. The third kappa shape index (κ3) is 5.42. The predicted octanol–water partition coefficient (Wildman–Crippen LogP) is 4.86. The van der Waals surface area contributed by atoms with Crippen molar-refractivity contribution >= 4 is 34.8 Å². The highest BCUT2D eigenvalue weighted by atomic mass is 35.5. The number of halogens is 3. The van der Waals surface area contributed by atoms with Crippen LogP contribution in [0.2, 0.25) is 10.0 Å². The minimum Gasteiger partial charge on any atom is -0.470 e. The van der Waals surface area contributed by atoms with Gasteiger partial charge in [0.05, 0.1) is 23.5 Å². The molecule has 0 aliphatic carbocycles. The molecule has 0 aliphatic heterocycles. The van der Waals surface area contributed by atoms with E-state index in [1.807, 2.05) is 0 Å². The second-order valence-corrected chi connectivity index (χ2v) is 7.44. The number of ether oxygens (including phenoxy) is 1. The maximum Gasteiger partial charge on any atom is 0.276 e. The number of benzene rings is 2. The Kier molecular flexibility index (Phi) is 6.20. The van der Waals surface area contributed by atoms with Crippen molar-refractivity contribution < 1.29 is 13.9 Å². The van der Waals surface area contributed by atoms with Crippen LogP contribution in [-0.2, 0) is 13.3 Å². The van der Waals surface area contributed by atoms with Gasteiger partial charge in [0, 0.05) is 17.4 Å². The molecule has 4 rings (SSSR count). The average molecular weight is 460 g/mol. The summed E-state index contributed by atoms with van der Waals surface area (Å²) in [6.45, 7) is 0.527. The lowest BCUT2D eigenvalue weighted by molar-refractivity contribution is 0.102. The first-order chi connectivity index (χ1) is 15.0. The molecule has 0 radical (unpaired) electrons. The van der Waals surface area contributed by atoms with Crippen molar-refractivity contribution in [2.75, 3.05) is 5.32 Å². The van der Waals surface area contributed by atoms with Gasteiger partial charge < -0.3 is 10.1 Å². The molecule has 0 saturated carbocycles. The Bertz CT molecular complexity index is 1210. The van der Waals surface area contributed by atoms with E-state index in [9.17, 15) is 9.18 Å². The molecule has 7 nitrogen and oxygen atoms in total. The smallest absolute Gasteiger partial charge is 0.276 e. The number of carbonyl (C=O) groups excluding carboxylic acids is 1. The Balaban J connectivity index is 1.33. The van der Waals surface area contributed by atoms with E-state index in [-0.39, 0.29) is 24.1 Å². The number of amides is 1. The second kappa shape index (κ2) is 9.20. The van der Waals surface area contributed by atoms with E-state index in [4.69, 9.17) is 27.9 Å². The average Bonchev–Trinajstić information content (AvgIpc) is 3.39. The van der Waals surface area contributed by atoms with E-state index < -0.39 is 0 Å². The van der Waals surface area contributed by atoms with Gasteiger partial charge in [-0.2, -0.15) is 10.2 Å². The van der Waals surface area contributed by atoms with Gasteiger partial charge in [-0.1, -0.05) is 35.3 Å². The van der Waals surface area contributed by atoms with E-state index in [1.165, 1.54) is 23.0 Å². The van der Waals surface area contributed by atoms with E-state index >= 15 is 0 Å². The van der Waals surface area contributed by atoms with Crippen molar-refractivity contribution in [2.24, 2.45) is 0 Å². The van der Waals surface area contributed by atoms with Crippen LogP contribution in [0.25, 0.3) is 0 Å². The molecule has 0 atom stereocenters. The molecule has 2 aromatic heterocycles. The zero-order chi connectivity index (χ0) is 21.8. The molecule has 0 saturated heterocycles. The van der Waals surface area contributed by atoms with Crippen LogP contribution in [0.15, 0.2) is 67.1 Å². The fourth-order valence-corrected chi connectivity index (χ4v) is 3.23. The summed E-state index contributed by atoms with van der Waals surface area (Å²) >= 11 is 11.9. The van der Waals surface area contributed by atoms with Crippen LogP contribution in [0.3, 0.4) is 0 Å². The summed E-state index contributed by atoms with van der Waals surface area (Å²) in [5.74, 6) is -0.219. The number of hydrogen-bond donors (Lipinski definition) is 1. The molecule has 1 amide bonds. The molecule has 0 unspecified atom stereocenters. The number of nitrogens with zero attached hydrogens (tertiary/aromatic N) is 4. The van der Waals surface area contributed by atoms with Crippen molar-refractivity contribution in [1.82, 2.24) is 19.6 Å². The van der Waals surface area contributed by atoms with Crippen LogP contribution in [-0.4, -0.2) is 25.5 Å². The topological polar surface area (TPSA) is 74.0 Å². The summed E-state index contributed by atoms with van der Waals surface area (Å²) in [4.78, 5) is 12.5. The van der Waals surface area contributed by atoms with Gasteiger partial charge in [0.15, 0.2) is 12.4 Å². The molecule has 2 heterocycles. The Labute approximate surface area is 187 Å². The zero-order valence-corrected chi connectivity index (χ0v) is 17.5. The number of carbonyl (C=O) groups is 1. The summed E-state index contributed by atoms with van der Waals surface area (Å²) in [6, 6.07) is 12.6. The van der Waals surface area contributed by atoms with Gasteiger partial charge in [-0.25, -0.2) is 9.07 Å². The maximum atomic E-state index is 13.0. The summed E-state index contributed by atoms with van der Waals surface area (Å²) < 4.78 is 21.7. The van der Waals surface area contributed by atoms with Crippen molar-refractivity contribution in [1.29, 1.82) is 0 Å². The molecule has 158 valence electrons. The predicted molar refractivity (Wildman–Crippen MR) is 115 cm³/mol. The number of nitrogens with one attached hydrogen (secondary N) is 1. The van der Waals surface area contributed by atoms with Gasteiger partial charge in [-0.15, -0.1) is 0 Å². The molecule has 4 aromatic rings. The van der Waals surface area contributed by atoms with E-state index in [0.29, 0.717) is 28.0 Å². The highest BCUT2D eigenvalue weighted by Gasteiger charge is 2.12. The SMILES string of the molecule is O=C(Nc1cnn(Cc2ccc(F)cc2)c1)c1ccn(COc2ccc(Cl)cc2Cl)n1. The molecule has 0 spiro atoms. The zero-order valence-electron chi connectivity index (χ0n) is 16.0. The highest BCUT2D eigenvalue weighted by Crippen LogP contribution is 2.27. The summed E-state index contributed by atoms with van der Waals surface area (Å²) in [5, 5.41) is 12.0. The molecular formula is C21H16Cl2FN5O2. The van der Waals surface area contributed by atoms with Crippen LogP contribution in [0.5, 0.6) is 5.75 Å². The van der Waals surface area contributed by atoms with E-state index in [2.05, 4.69) is 15.5 Å². The first-order valence-corrected chi connectivity index (χ1v) is 9.91. The fourth-order valence-electron chi connectivity index (χ4n) is 2.77. The van der Waals surface area contributed by atoms with Crippen LogP contribution in [0.4, 0.5) is 10.1 Å². The van der Waals surface area contributed by atoms with Gasteiger partial charge in [-0.3, -0.25) is 9.48 Å². The lowest BCUT2D eigenvalue weighted by Gasteiger charge is -2.08. The Morgan fingerprint density at radius 3 is 2.68 bits per heavy atom. The van der Waals surface area contributed by atoms with Gasteiger partial charge in [0.25, 0.3) is 5.91 Å². The second-order valence-electron chi connectivity index (χ2n) is 6.60. The monoisotopic (exact) mass is 459 g/mol. The summed E-state index contributed by atoms with van der Waals surface area (Å²) in [5.41, 5.74) is 1.63. The molecule has 10 heteroatoms. The maximum absolute atomic E-state index is 13.0. The van der Waals surface area contributed by atoms with Crippen LogP contribution in [0.1, 0.15) is 16.1 Å². The Morgan fingerprint density at radius 1 is 1.10 bits per heavy atom. The Morgan fingerprint density at radius 2 is 1.90 bits per heavy atom. The van der Waals surface area contributed by atoms with Gasteiger partial charge in [-0.05, 0) is 42.0 Å². The quantitative estimate of drug-likeness (QED) is 0.428. The minimum absolute atomic E-state index is 0.0736. The van der Waals surface area contributed by atoms with Crippen molar-refractivity contribution in [2.45, 2.75) is 13.3 Å². The Hall–Kier alpha value is -3.36. The normalized spacial score (nSPS) is 10.8. The van der Waals surface area contributed by atoms with Crippen LogP contribution in [0, 0.1) is 5.82 Å². The lowest BCUT2D eigenvalue weighted by Crippen LogP contribution is -2.14. The fraction of sp³-hybridized carbons (Fsp3) is 0.0952. The van der Waals surface area contributed by atoms with E-state index in [1.54, 1.807) is 53.5 Å². The lowest BCUT2D eigenvalue weighted by atomic mass is 10.2. The van der Waals surface area contributed by atoms with E-state index in [0.717, 1.165) is 5.56 Å². The van der Waals surface area contributed by atoms with Gasteiger partial charge >= 0.3 is 0 Å². The largest absolute Gasteiger partial charge is 0.470 e. The number of anilines is 1. The highest BCUT2D eigenvalue weighted by molar-refractivity contribution is 6.35. The first-order valence-electron chi connectivity index (χ1n) is 9.16. The van der Waals surface area contributed by atoms with Crippen LogP contribution >= 0.6 is 23.2 Å². The summed E-state index contributed by atoms with van der Waals surface area (Å²) in [7, 11) is 0. The standard InChI is InChI=1S/C21H16Cl2FN5O2/c22-15-3-6-20(18(23)9-15)31-13-28-8-7-19(27-28)21(30)26-17-10-25-29(12-17)11-14-1-4-16(24)5-2-14/h1-10,12H,11,13H2,(H,26,30). The molecule has 1 N–H and O–H groups in total. The van der Waals surface area contributed by atoms with Gasteiger partial charge in [0.1, 0.15) is 11.6 Å². The number of rotatable bonds is 7. The molecule has 0 bridgehead atoms. The first kappa shape index (κ1) is 20.9. The van der Waals surface area contributed by atoms with Crippen molar-refractivity contribution in [3.8, 4) is 5.75 Å². The van der Waals surface area contributed by atoms with Crippen molar-refractivity contribution in [3.63, 3.8) is 0 Å². The third-order valence-corrected chi connectivity index (χ3v) is 4.80. The van der Waals surface area contributed by atoms with Crippen molar-refractivity contribution in [3.05, 3.63) is 94.2 Å². The molecular weight excluding hydrogens is 444 g/mol. The van der Waals surface area contributed by atoms with Gasteiger partial charge in [0.2, 0.25) is 0 Å².